The number of hydrogen-bond donors (Lipinski definition) is 0. The van der Waals surface area contributed by atoms with E-state index in [1.54, 1.807) is 0 Å². The number of methoxy groups -OCH3 is 1. The minimum Gasteiger partial charge on any atom is -0.465 e. The molecule has 0 spiro atoms. The Morgan fingerprint density at radius 1 is 1.59 bits per heavy atom. The molecule has 17 heavy (non-hydrogen) atoms. The number of carbonyl (C=O) groups is 1. The molecule has 0 bridgehead atoms. The molecule has 1 saturated carbocycles. The van der Waals surface area contributed by atoms with E-state index < -0.39 is 17.2 Å². The summed E-state index contributed by atoms with van der Waals surface area (Å²) in [7, 11) is 6.69. The van der Waals surface area contributed by atoms with Crippen molar-refractivity contribution in [2.24, 2.45) is 0 Å². The minimum absolute atomic E-state index is 0.0609. The first-order valence-corrected chi connectivity index (χ1v) is 5.14. The Hall–Kier alpha value is -1.83. The van der Waals surface area contributed by atoms with E-state index in [-0.39, 0.29) is 16.6 Å². The van der Waals surface area contributed by atoms with Crippen LogP contribution >= 0.6 is 0 Å². The molecule has 1 aromatic rings. The standard InChI is InChI=1S/C12H9BFNO2/c1-17-11(16)7-2-3-8(13)10(14)9(7)12(6-15)4-5-12/h2-3H,4-5H2,1H3. The summed E-state index contributed by atoms with van der Waals surface area (Å²) in [5.74, 6) is -1.34. The summed E-state index contributed by atoms with van der Waals surface area (Å²) in [6, 6.07) is 4.76. The molecule has 0 saturated heterocycles. The van der Waals surface area contributed by atoms with Gasteiger partial charge in [0.25, 0.3) is 0 Å². The van der Waals surface area contributed by atoms with Crippen molar-refractivity contribution >= 4 is 19.3 Å². The summed E-state index contributed by atoms with van der Waals surface area (Å²) >= 11 is 0. The normalized spacial score (nSPS) is 16.1. The number of nitriles is 1. The molecule has 0 aliphatic heterocycles. The Balaban J connectivity index is 2.66. The average Bonchev–Trinajstić information content (AvgIpc) is 3.12. The number of halogens is 1. The van der Waals surface area contributed by atoms with Crippen LogP contribution in [0, 0.1) is 17.1 Å². The lowest BCUT2D eigenvalue weighted by Crippen LogP contribution is -2.22. The molecular formula is C12H9BFNO2. The molecule has 2 radical (unpaired) electrons. The highest BCUT2D eigenvalue weighted by molar-refractivity contribution is 6.32. The zero-order valence-corrected chi connectivity index (χ0v) is 9.29. The average molecular weight is 229 g/mol. The van der Waals surface area contributed by atoms with E-state index in [2.05, 4.69) is 10.8 Å². The number of rotatable bonds is 2. The highest BCUT2D eigenvalue weighted by Gasteiger charge is 2.49. The maximum absolute atomic E-state index is 14.0. The maximum Gasteiger partial charge on any atom is 0.338 e. The first-order chi connectivity index (χ1) is 8.05. The van der Waals surface area contributed by atoms with Crippen LogP contribution in [0.3, 0.4) is 0 Å². The first-order valence-electron chi connectivity index (χ1n) is 5.14. The lowest BCUT2D eigenvalue weighted by atomic mass is 9.84. The number of carbonyl (C=O) groups excluding carboxylic acids is 1. The van der Waals surface area contributed by atoms with Crippen molar-refractivity contribution < 1.29 is 13.9 Å². The summed E-state index contributed by atoms with van der Waals surface area (Å²) in [6.45, 7) is 0. The van der Waals surface area contributed by atoms with E-state index in [4.69, 9.17) is 13.1 Å². The van der Waals surface area contributed by atoms with Crippen LogP contribution in [-0.4, -0.2) is 20.9 Å². The van der Waals surface area contributed by atoms with Gasteiger partial charge in [-0.15, -0.1) is 0 Å². The molecule has 0 amide bonds. The second-order valence-corrected chi connectivity index (χ2v) is 4.08. The molecule has 0 aromatic heterocycles. The summed E-state index contributed by atoms with van der Waals surface area (Å²) in [5.41, 5.74) is -0.817. The van der Waals surface area contributed by atoms with E-state index in [1.807, 2.05) is 0 Å². The molecule has 5 heteroatoms. The smallest absolute Gasteiger partial charge is 0.338 e. The van der Waals surface area contributed by atoms with Gasteiger partial charge in [0.1, 0.15) is 13.7 Å². The second kappa shape index (κ2) is 3.88. The topological polar surface area (TPSA) is 50.1 Å². The van der Waals surface area contributed by atoms with Gasteiger partial charge in [-0.1, -0.05) is 11.5 Å². The third-order valence-electron chi connectivity index (χ3n) is 3.02. The maximum atomic E-state index is 14.0. The molecule has 1 aromatic carbocycles. The van der Waals surface area contributed by atoms with Crippen LogP contribution in [0.5, 0.6) is 0 Å². The molecule has 0 unspecified atom stereocenters. The lowest BCUT2D eigenvalue weighted by Gasteiger charge is -2.14. The van der Waals surface area contributed by atoms with Gasteiger partial charge in [-0.3, -0.25) is 0 Å². The van der Waals surface area contributed by atoms with Crippen LogP contribution in [0.1, 0.15) is 28.8 Å². The summed E-state index contributed by atoms with van der Waals surface area (Å²) in [4.78, 5) is 11.5. The van der Waals surface area contributed by atoms with Crippen LogP contribution in [0.25, 0.3) is 0 Å². The van der Waals surface area contributed by atoms with Crippen LogP contribution in [-0.2, 0) is 10.2 Å². The Bertz CT molecular complexity index is 532. The highest BCUT2D eigenvalue weighted by Crippen LogP contribution is 2.49. The fraction of sp³-hybridized carbons (Fsp3) is 0.333. The Morgan fingerprint density at radius 3 is 2.71 bits per heavy atom. The third kappa shape index (κ3) is 1.70. The monoisotopic (exact) mass is 229 g/mol. The summed E-state index contributed by atoms with van der Waals surface area (Å²) in [5, 5.41) is 9.09. The molecular weight excluding hydrogens is 220 g/mol. The van der Waals surface area contributed by atoms with Crippen LogP contribution < -0.4 is 5.46 Å². The van der Waals surface area contributed by atoms with E-state index in [0.29, 0.717) is 12.8 Å². The zero-order valence-electron chi connectivity index (χ0n) is 9.29. The third-order valence-corrected chi connectivity index (χ3v) is 3.02. The minimum atomic E-state index is -0.914. The zero-order chi connectivity index (χ0) is 12.6. The van der Waals surface area contributed by atoms with Gasteiger partial charge in [-0.25, -0.2) is 9.18 Å². The van der Waals surface area contributed by atoms with Crippen LogP contribution in [0.4, 0.5) is 4.39 Å². The second-order valence-electron chi connectivity index (χ2n) is 4.08. The Labute approximate surface area is 99.6 Å². The van der Waals surface area contributed by atoms with Gasteiger partial charge >= 0.3 is 5.97 Å². The van der Waals surface area contributed by atoms with E-state index in [1.165, 1.54) is 19.2 Å². The number of esters is 1. The lowest BCUT2D eigenvalue weighted by molar-refractivity contribution is 0.0598. The van der Waals surface area contributed by atoms with Gasteiger partial charge in [0, 0.05) is 5.56 Å². The van der Waals surface area contributed by atoms with Crippen molar-refractivity contribution in [1.29, 1.82) is 5.26 Å². The van der Waals surface area contributed by atoms with Crippen molar-refractivity contribution in [1.82, 2.24) is 0 Å². The fourth-order valence-electron chi connectivity index (χ4n) is 1.88. The number of nitrogens with zero attached hydrogens (tertiary/aromatic N) is 1. The van der Waals surface area contributed by atoms with Crippen LogP contribution in [0.2, 0.25) is 0 Å². The quantitative estimate of drug-likeness (QED) is 0.560. The summed E-state index contributed by atoms with van der Waals surface area (Å²) in [6.07, 6.45) is 1.07. The molecule has 84 valence electrons. The number of benzene rings is 1. The SMILES string of the molecule is [B]c1ccc(C(=O)OC)c(C2(C#N)CC2)c1F. The van der Waals surface area contributed by atoms with Gasteiger partial charge in [0.05, 0.1) is 24.2 Å². The molecule has 0 atom stereocenters. The predicted octanol–water partition coefficient (Wildman–Crippen LogP) is 0.961. The van der Waals surface area contributed by atoms with Gasteiger partial charge in [0.15, 0.2) is 0 Å². The molecule has 0 heterocycles. The highest BCUT2D eigenvalue weighted by atomic mass is 19.1. The van der Waals surface area contributed by atoms with Crippen LogP contribution in [0.15, 0.2) is 12.1 Å². The van der Waals surface area contributed by atoms with Gasteiger partial charge < -0.3 is 4.74 Å². The molecule has 2 rings (SSSR count). The van der Waals surface area contributed by atoms with Gasteiger partial charge in [0.2, 0.25) is 0 Å². The number of hydrogen-bond acceptors (Lipinski definition) is 3. The van der Waals surface area contributed by atoms with Gasteiger partial charge in [-0.2, -0.15) is 5.26 Å². The molecule has 1 fully saturated rings. The number of ether oxygens (including phenoxy) is 1. The molecule has 0 N–H and O–H groups in total. The predicted molar refractivity (Wildman–Crippen MR) is 59.7 cm³/mol. The van der Waals surface area contributed by atoms with E-state index in [0.717, 1.165) is 0 Å². The Morgan fingerprint density at radius 2 is 2.24 bits per heavy atom. The molecule has 1 aliphatic carbocycles. The first kappa shape index (κ1) is 11.7. The van der Waals surface area contributed by atoms with Crippen molar-refractivity contribution in [3.8, 4) is 6.07 Å². The van der Waals surface area contributed by atoms with Crippen molar-refractivity contribution in [2.75, 3.05) is 7.11 Å². The fourth-order valence-corrected chi connectivity index (χ4v) is 1.88. The van der Waals surface area contributed by atoms with E-state index >= 15 is 0 Å². The molecule has 3 nitrogen and oxygen atoms in total. The van der Waals surface area contributed by atoms with Crippen molar-refractivity contribution in [2.45, 2.75) is 18.3 Å². The summed E-state index contributed by atoms with van der Waals surface area (Å²) < 4.78 is 18.6. The van der Waals surface area contributed by atoms with Gasteiger partial charge in [-0.05, 0) is 18.9 Å². The van der Waals surface area contributed by atoms with Crippen molar-refractivity contribution in [3.05, 3.63) is 29.1 Å². The largest absolute Gasteiger partial charge is 0.465 e. The van der Waals surface area contributed by atoms with Crippen molar-refractivity contribution in [3.63, 3.8) is 0 Å². The Kier molecular flexibility index (Phi) is 2.66. The van der Waals surface area contributed by atoms with E-state index in [9.17, 15) is 9.18 Å². The molecule has 1 aliphatic rings.